The summed E-state index contributed by atoms with van der Waals surface area (Å²) in [5, 5.41) is 0. The highest BCUT2D eigenvalue weighted by Crippen LogP contribution is 2.20. The maximum absolute atomic E-state index is 12.8. The Hall–Kier alpha value is -0.110. The lowest BCUT2D eigenvalue weighted by Crippen LogP contribution is -2.29. The van der Waals surface area contributed by atoms with E-state index in [9.17, 15) is 4.39 Å². The minimum Gasteiger partial charge on any atom is -0.300 e. The monoisotopic (exact) mass is 131 g/mol. The van der Waals surface area contributed by atoms with E-state index in [-0.39, 0.29) is 6.04 Å². The third-order valence-electron chi connectivity index (χ3n) is 2.16. The van der Waals surface area contributed by atoms with Gasteiger partial charge in [-0.1, -0.05) is 6.92 Å². The Balaban J connectivity index is 2.44. The maximum Gasteiger partial charge on any atom is 0.117 e. The fourth-order valence-electron chi connectivity index (χ4n) is 1.53. The highest BCUT2D eigenvalue weighted by Gasteiger charge is 2.29. The molecule has 1 unspecified atom stereocenters. The lowest BCUT2D eigenvalue weighted by atomic mass is 10.1. The summed E-state index contributed by atoms with van der Waals surface area (Å²) < 4.78 is 12.8. The highest BCUT2D eigenvalue weighted by molar-refractivity contribution is 4.83. The second-order valence-corrected chi connectivity index (χ2v) is 2.76. The van der Waals surface area contributed by atoms with Gasteiger partial charge >= 0.3 is 0 Å². The molecule has 0 amide bonds. The zero-order valence-corrected chi connectivity index (χ0v) is 6.10. The summed E-state index contributed by atoms with van der Waals surface area (Å²) in [6.45, 7) is 2.97. The molecule has 0 aromatic heterocycles. The third-order valence-corrected chi connectivity index (χ3v) is 2.16. The maximum atomic E-state index is 12.8. The SMILES string of the molecule is CC[C@@H]1C(F)CCN1C. The molecule has 1 aliphatic heterocycles. The summed E-state index contributed by atoms with van der Waals surface area (Å²) in [6.07, 6.45) is 1.10. The summed E-state index contributed by atoms with van der Waals surface area (Å²) >= 11 is 0. The molecule has 0 aliphatic carbocycles. The molecule has 0 radical (unpaired) electrons. The Morgan fingerprint density at radius 2 is 2.33 bits per heavy atom. The van der Waals surface area contributed by atoms with Crippen LogP contribution in [0.15, 0.2) is 0 Å². The first kappa shape index (κ1) is 7.00. The van der Waals surface area contributed by atoms with Crippen LogP contribution < -0.4 is 0 Å². The van der Waals surface area contributed by atoms with E-state index in [2.05, 4.69) is 4.90 Å². The zero-order chi connectivity index (χ0) is 6.85. The molecule has 0 bridgehead atoms. The van der Waals surface area contributed by atoms with E-state index < -0.39 is 6.17 Å². The number of hydrogen-bond acceptors (Lipinski definition) is 1. The van der Waals surface area contributed by atoms with Crippen LogP contribution in [0.1, 0.15) is 19.8 Å². The molecule has 0 aromatic carbocycles. The van der Waals surface area contributed by atoms with E-state index in [1.807, 2.05) is 14.0 Å². The van der Waals surface area contributed by atoms with E-state index >= 15 is 0 Å². The summed E-state index contributed by atoms with van der Waals surface area (Å²) in [5.41, 5.74) is 0. The molecular weight excluding hydrogens is 117 g/mol. The van der Waals surface area contributed by atoms with Crippen LogP contribution in [-0.4, -0.2) is 30.7 Å². The largest absolute Gasteiger partial charge is 0.300 e. The van der Waals surface area contributed by atoms with Gasteiger partial charge < -0.3 is 4.90 Å². The molecule has 1 aliphatic rings. The van der Waals surface area contributed by atoms with Crippen molar-refractivity contribution in [3.8, 4) is 0 Å². The lowest BCUT2D eigenvalue weighted by Gasteiger charge is -2.18. The lowest BCUT2D eigenvalue weighted by molar-refractivity contribution is 0.217. The molecule has 2 atom stereocenters. The molecule has 1 fully saturated rings. The number of rotatable bonds is 1. The van der Waals surface area contributed by atoms with Gasteiger partial charge in [0.05, 0.1) is 0 Å². The molecule has 0 saturated carbocycles. The summed E-state index contributed by atoms with van der Waals surface area (Å²) in [7, 11) is 1.99. The van der Waals surface area contributed by atoms with Crippen molar-refractivity contribution < 1.29 is 4.39 Å². The normalized spacial score (nSPS) is 37.7. The van der Waals surface area contributed by atoms with Gasteiger partial charge in [0.15, 0.2) is 0 Å². The fourth-order valence-corrected chi connectivity index (χ4v) is 1.53. The van der Waals surface area contributed by atoms with E-state index in [1.165, 1.54) is 0 Å². The van der Waals surface area contributed by atoms with Gasteiger partial charge in [-0.25, -0.2) is 4.39 Å². The van der Waals surface area contributed by atoms with E-state index in [4.69, 9.17) is 0 Å². The molecule has 54 valence electrons. The van der Waals surface area contributed by atoms with Crippen LogP contribution in [0.3, 0.4) is 0 Å². The zero-order valence-electron chi connectivity index (χ0n) is 6.10. The average molecular weight is 131 g/mol. The molecular formula is C7H14FN. The van der Waals surface area contributed by atoms with Crippen LogP contribution in [-0.2, 0) is 0 Å². The van der Waals surface area contributed by atoms with Crippen molar-refractivity contribution in [2.24, 2.45) is 0 Å². The topological polar surface area (TPSA) is 3.24 Å². The second kappa shape index (κ2) is 2.65. The third kappa shape index (κ3) is 1.23. The molecule has 9 heavy (non-hydrogen) atoms. The quantitative estimate of drug-likeness (QED) is 0.520. The van der Waals surface area contributed by atoms with Gasteiger partial charge in [-0.05, 0) is 19.9 Å². The van der Waals surface area contributed by atoms with Crippen molar-refractivity contribution in [1.29, 1.82) is 0 Å². The van der Waals surface area contributed by atoms with Gasteiger partial charge in [0.1, 0.15) is 6.17 Å². The first-order chi connectivity index (χ1) is 4.25. The Labute approximate surface area is 55.8 Å². The first-order valence-corrected chi connectivity index (χ1v) is 3.60. The standard InChI is InChI=1S/C7H14FN/c1-3-7-6(8)4-5-9(7)2/h6-7H,3-5H2,1-2H3/t6?,7-/m1/s1. The summed E-state index contributed by atoms with van der Waals surface area (Å²) in [4.78, 5) is 2.10. The smallest absolute Gasteiger partial charge is 0.117 e. The predicted octanol–water partition coefficient (Wildman–Crippen LogP) is 1.44. The van der Waals surface area contributed by atoms with Gasteiger partial charge in [-0.2, -0.15) is 0 Å². The van der Waals surface area contributed by atoms with Gasteiger partial charge in [-0.3, -0.25) is 0 Å². The van der Waals surface area contributed by atoms with E-state index in [1.54, 1.807) is 0 Å². The van der Waals surface area contributed by atoms with Crippen LogP contribution >= 0.6 is 0 Å². The molecule has 1 heterocycles. The predicted molar refractivity (Wildman–Crippen MR) is 36.2 cm³/mol. The minimum absolute atomic E-state index is 0.199. The molecule has 1 rings (SSSR count). The molecule has 1 nitrogen and oxygen atoms in total. The van der Waals surface area contributed by atoms with Crippen molar-refractivity contribution in [2.45, 2.75) is 32.0 Å². The van der Waals surface area contributed by atoms with Crippen LogP contribution in [0.25, 0.3) is 0 Å². The van der Waals surface area contributed by atoms with Crippen LogP contribution in [0, 0.1) is 0 Å². The Kier molecular flexibility index (Phi) is 2.06. The average Bonchev–Trinajstić information content (AvgIpc) is 2.12. The van der Waals surface area contributed by atoms with Crippen molar-refractivity contribution in [3.63, 3.8) is 0 Å². The molecule has 0 N–H and O–H groups in total. The van der Waals surface area contributed by atoms with Gasteiger partial charge in [-0.15, -0.1) is 0 Å². The van der Waals surface area contributed by atoms with E-state index in [0.717, 1.165) is 19.4 Å². The summed E-state index contributed by atoms with van der Waals surface area (Å²) in [6, 6.07) is 0.199. The van der Waals surface area contributed by atoms with Crippen molar-refractivity contribution in [1.82, 2.24) is 4.90 Å². The fraction of sp³-hybridized carbons (Fsp3) is 1.00. The second-order valence-electron chi connectivity index (χ2n) is 2.76. The Bertz CT molecular complexity index is 84.9. The van der Waals surface area contributed by atoms with Gasteiger partial charge in [0, 0.05) is 12.6 Å². The molecule has 2 heteroatoms. The molecule has 0 spiro atoms. The van der Waals surface area contributed by atoms with E-state index in [0.29, 0.717) is 0 Å². The number of nitrogens with zero attached hydrogens (tertiary/aromatic N) is 1. The van der Waals surface area contributed by atoms with Gasteiger partial charge in [0.2, 0.25) is 0 Å². The van der Waals surface area contributed by atoms with Crippen molar-refractivity contribution in [3.05, 3.63) is 0 Å². The summed E-state index contributed by atoms with van der Waals surface area (Å²) in [5.74, 6) is 0. The number of likely N-dealkylation sites (tertiary alicyclic amines) is 1. The Morgan fingerprint density at radius 1 is 1.67 bits per heavy atom. The van der Waals surface area contributed by atoms with Crippen LogP contribution in [0.5, 0.6) is 0 Å². The van der Waals surface area contributed by atoms with Crippen LogP contribution in [0.4, 0.5) is 4.39 Å². The Morgan fingerprint density at radius 3 is 2.56 bits per heavy atom. The number of hydrogen-bond donors (Lipinski definition) is 0. The van der Waals surface area contributed by atoms with Crippen LogP contribution in [0.2, 0.25) is 0 Å². The van der Waals surface area contributed by atoms with Gasteiger partial charge in [0.25, 0.3) is 0 Å². The first-order valence-electron chi connectivity index (χ1n) is 3.60. The van der Waals surface area contributed by atoms with Crippen molar-refractivity contribution in [2.75, 3.05) is 13.6 Å². The number of halogens is 1. The molecule has 1 saturated heterocycles. The minimum atomic E-state index is -0.569. The highest BCUT2D eigenvalue weighted by atomic mass is 19.1. The van der Waals surface area contributed by atoms with Crippen molar-refractivity contribution >= 4 is 0 Å². The number of alkyl halides is 1. The molecule has 0 aromatic rings.